The van der Waals surface area contributed by atoms with Gasteiger partial charge in [0.15, 0.2) is 0 Å². The summed E-state index contributed by atoms with van der Waals surface area (Å²) in [5.74, 6) is 0.370. The first kappa shape index (κ1) is 11.5. The molecule has 0 spiro atoms. The van der Waals surface area contributed by atoms with Crippen molar-refractivity contribution in [2.24, 2.45) is 5.73 Å². The van der Waals surface area contributed by atoms with Gasteiger partial charge in [0, 0.05) is 6.04 Å². The SMILES string of the molecule is CC(N)Cc1cc(I)c(O)c(I)c1. The van der Waals surface area contributed by atoms with Crippen LogP contribution in [0.15, 0.2) is 12.1 Å². The molecule has 0 radical (unpaired) electrons. The van der Waals surface area contributed by atoms with Gasteiger partial charge in [-0.15, -0.1) is 0 Å². The lowest BCUT2D eigenvalue weighted by Crippen LogP contribution is -2.17. The Kier molecular flexibility index (Phi) is 4.24. The van der Waals surface area contributed by atoms with Crippen molar-refractivity contribution < 1.29 is 5.11 Å². The molecule has 1 atom stereocenters. The Bertz CT molecular complexity index is 289. The first-order chi connectivity index (χ1) is 6.00. The second-order valence-electron chi connectivity index (χ2n) is 3.09. The van der Waals surface area contributed by atoms with E-state index in [0.717, 1.165) is 13.6 Å². The highest BCUT2D eigenvalue weighted by atomic mass is 127. The summed E-state index contributed by atoms with van der Waals surface area (Å²) in [6, 6.07) is 4.11. The van der Waals surface area contributed by atoms with Gasteiger partial charge in [0.05, 0.1) is 7.14 Å². The molecule has 0 saturated carbocycles. The predicted molar refractivity (Wildman–Crippen MR) is 70.9 cm³/mol. The number of aromatic hydroxyl groups is 1. The van der Waals surface area contributed by atoms with E-state index in [-0.39, 0.29) is 6.04 Å². The number of phenols is 1. The molecule has 0 aliphatic rings. The van der Waals surface area contributed by atoms with Gasteiger partial charge < -0.3 is 10.8 Å². The minimum Gasteiger partial charge on any atom is -0.506 e. The van der Waals surface area contributed by atoms with Crippen LogP contribution in [0, 0.1) is 7.14 Å². The molecule has 13 heavy (non-hydrogen) atoms. The molecule has 0 heterocycles. The Morgan fingerprint density at radius 2 is 1.85 bits per heavy atom. The minimum absolute atomic E-state index is 0.163. The van der Waals surface area contributed by atoms with E-state index in [1.165, 1.54) is 5.56 Å². The molecule has 0 bridgehead atoms. The molecule has 1 aromatic rings. The van der Waals surface area contributed by atoms with E-state index >= 15 is 0 Å². The van der Waals surface area contributed by atoms with Crippen LogP contribution < -0.4 is 5.73 Å². The maximum Gasteiger partial charge on any atom is 0.142 e. The third-order valence-corrected chi connectivity index (χ3v) is 3.28. The Morgan fingerprint density at radius 1 is 1.38 bits per heavy atom. The van der Waals surface area contributed by atoms with Crippen molar-refractivity contribution in [3.8, 4) is 5.75 Å². The number of benzene rings is 1. The first-order valence-electron chi connectivity index (χ1n) is 3.93. The molecular weight excluding hydrogens is 392 g/mol. The van der Waals surface area contributed by atoms with Gasteiger partial charge in [-0.2, -0.15) is 0 Å². The minimum atomic E-state index is 0.163. The van der Waals surface area contributed by atoms with Crippen LogP contribution in [0.2, 0.25) is 0 Å². The van der Waals surface area contributed by atoms with Gasteiger partial charge in [0.1, 0.15) is 5.75 Å². The fourth-order valence-corrected chi connectivity index (χ4v) is 3.00. The lowest BCUT2D eigenvalue weighted by atomic mass is 10.1. The molecule has 1 unspecified atom stereocenters. The highest BCUT2D eigenvalue weighted by Gasteiger charge is 2.06. The number of phenolic OH excluding ortho intramolecular Hbond substituents is 1. The molecule has 1 aromatic carbocycles. The van der Waals surface area contributed by atoms with Gasteiger partial charge in [-0.05, 0) is 76.2 Å². The molecule has 0 aliphatic carbocycles. The van der Waals surface area contributed by atoms with Crippen molar-refractivity contribution in [2.45, 2.75) is 19.4 Å². The van der Waals surface area contributed by atoms with Crippen LogP contribution in [0.4, 0.5) is 0 Å². The van der Waals surface area contributed by atoms with E-state index in [2.05, 4.69) is 45.2 Å². The van der Waals surface area contributed by atoms with Crippen molar-refractivity contribution in [1.82, 2.24) is 0 Å². The fraction of sp³-hybridized carbons (Fsp3) is 0.333. The van der Waals surface area contributed by atoms with Gasteiger partial charge in [-0.3, -0.25) is 0 Å². The maximum atomic E-state index is 9.52. The summed E-state index contributed by atoms with van der Waals surface area (Å²) >= 11 is 4.25. The highest BCUT2D eigenvalue weighted by Crippen LogP contribution is 2.27. The van der Waals surface area contributed by atoms with Gasteiger partial charge >= 0.3 is 0 Å². The van der Waals surface area contributed by atoms with E-state index in [9.17, 15) is 5.11 Å². The molecule has 0 aliphatic heterocycles. The standard InChI is InChI=1S/C9H11I2NO/c1-5(12)2-6-3-7(10)9(13)8(11)4-6/h3-5,13H,2,12H2,1H3. The lowest BCUT2D eigenvalue weighted by molar-refractivity contribution is 0.467. The molecule has 0 saturated heterocycles. The third-order valence-electron chi connectivity index (χ3n) is 1.63. The zero-order valence-electron chi connectivity index (χ0n) is 7.22. The number of nitrogens with two attached hydrogens (primary N) is 1. The average Bonchev–Trinajstić information content (AvgIpc) is 1.98. The van der Waals surface area contributed by atoms with Crippen LogP contribution in [-0.2, 0) is 6.42 Å². The van der Waals surface area contributed by atoms with E-state index in [1.807, 2.05) is 19.1 Å². The Morgan fingerprint density at radius 3 is 2.23 bits per heavy atom. The Hall–Kier alpha value is 0.440. The summed E-state index contributed by atoms with van der Waals surface area (Å²) in [5, 5.41) is 9.52. The van der Waals surface area contributed by atoms with Crippen molar-refractivity contribution in [1.29, 1.82) is 0 Å². The molecule has 0 aromatic heterocycles. The lowest BCUT2D eigenvalue weighted by Gasteiger charge is -2.08. The molecule has 0 fully saturated rings. The summed E-state index contributed by atoms with van der Waals surface area (Å²) in [5.41, 5.74) is 6.88. The predicted octanol–water partition coefficient (Wildman–Crippen LogP) is 2.49. The van der Waals surface area contributed by atoms with E-state index in [4.69, 9.17) is 5.73 Å². The maximum absolute atomic E-state index is 9.52. The van der Waals surface area contributed by atoms with E-state index in [0.29, 0.717) is 5.75 Å². The van der Waals surface area contributed by atoms with Crippen molar-refractivity contribution in [2.75, 3.05) is 0 Å². The smallest absolute Gasteiger partial charge is 0.142 e. The monoisotopic (exact) mass is 403 g/mol. The van der Waals surface area contributed by atoms with Gasteiger partial charge in [-0.1, -0.05) is 0 Å². The zero-order valence-corrected chi connectivity index (χ0v) is 11.5. The molecule has 1 rings (SSSR count). The molecule has 2 nitrogen and oxygen atoms in total. The van der Waals surface area contributed by atoms with E-state index in [1.54, 1.807) is 0 Å². The quantitative estimate of drug-likeness (QED) is 0.746. The Balaban J connectivity index is 2.99. The van der Waals surface area contributed by atoms with Crippen LogP contribution in [0.5, 0.6) is 5.75 Å². The van der Waals surface area contributed by atoms with Gasteiger partial charge in [-0.25, -0.2) is 0 Å². The van der Waals surface area contributed by atoms with Gasteiger partial charge in [0.25, 0.3) is 0 Å². The summed E-state index contributed by atoms with van der Waals surface area (Å²) in [4.78, 5) is 0. The third kappa shape index (κ3) is 3.25. The summed E-state index contributed by atoms with van der Waals surface area (Å²) in [6.45, 7) is 1.98. The van der Waals surface area contributed by atoms with Gasteiger partial charge in [0.2, 0.25) is 0 Å². The molecule has 72 valence electrons. The first-order valence-corrected chi connectivity index (χ1v) is 6.09. The normalized spacial score (nSPS) is 12.9. The van der Waals surface area contributed by atoms with Crippen molar-refractivity contribution >= 4 is 45.2 Å². The van der Waals surface area contributed by atoms with Crippen LogP contribution in [0.3, 0.4) is 0 Å². The number of halogens is 2. The fourth-order valence-electron chi connectivity index (χ4n) is 1.11. The van der Waals surface area contributed by atoms with E-state index < -0.39 is 0 Å². The van der Waals surface area contributed by atoms with Crippen molar-refractivity contribution in [3.63, 3.8) is 0 Å². The number of hydrogen-bond donors (Lipinski definition) is 2. The largest absolute Gasteiger partial charge is 0.506 e. The second kappa shape index (κ2) is 4.79. The average molecular weight is 403 g/mol. The summed E-state index contributed by atoms with van der Waals surface area (Å²) in [7, 11) is 0. The number of rotatable bonds is 2. The number of hydrogen-bond acceptors (Lipinski definition) is 2. The molecule has 0 amide bonds. The second-order valence-corrected chi connectivity index (χ2v) is 5.41. The van der Waals surface area contributed by atoms with Crippen LogP contribution in [-0.4, -0.2) is 11.1 Å². The van der Waals surface area contributed by atoms with Crippen LogP contribution >= 0.6 is 45.2 Å². The Labute approximate surface area is 105 Å². The summed E-state index contributed by atoms with van der Waals surface area (Å²) in [6.07, 6.45) is 0.853. The van der Waals surface area contributed by atoms with Crippen LogP contribution in [0.25, 0.3) is 0 Å². The molecule has 4 heteroatoms. The topological polar surface area (TPSA) is 46.2 Å². The van der Waals surface area contributed by atoms with Crippen molar-refractivity contribution in [3.05, 3.63) is 24.8 Å². The zero-order chi connectivity index (χ0) is 10.0. The highest BCUT2D eigenvalue weighted by molar-refractivity contribution is 14.1. The summed E-state index contributed by atoms with van der Waals surface area (Å²) < 4.78 is 1.78. The molecule has 3 N–H and O–H groups in total. The molecular formula is C9H11I2NO. The van der Waals surface area contributed by atoms with Crippen LogP contribution in [0.1, 0.15) is 12.5 Å².